The van der Waals surface area contributed by atoms with Gasteiger partial charge in [-0.05, 0) is 44.2 Å². The highest BCUT2D eigenvalue weighted by Crippen LogP contribution is 2.20. The summed E-state index contributed by atoms with van der Waals surface area (Å²) < 4.78 is 15.8. The zero-order valence-corrected chi connectivity index (χ0v) is 19.4. The molecule has 0 aromatic heterocycles. The molecule has 0 heterocycles. The van der Waals surface area contributed by atoms with E-state index in [0.29, 0.717) is 25.9 Å². The van der Waals surface area contributed by atoms with Crippen molar-refractivity contribution in [1.29, 1.82) is 0 Å². The first kappa shape index (κ1) is 27.4. The van der Waals surface area contributed by atoms with Gasteiger partial charge < -0.3 is 14.2 Å². The first-order chi connectivity index (χ1) is 15.5. The van der Waals surface area contributed by atoms with Crippen LogP contribution in [0.25, 0.3) is 0 Å². The fourth-order valence-electron chi connectivity index (χ4n) is 3.18. The van der Waals surface area contributed by atoms with E-state index >= 15 is 0 Å². The number of unbranched alkanes of at least 4 members (excludes halogenated alkanes) is 6. The van der Waals surface area contributed by atoms with Crippen molar-refractivity contribution < 1.29 is 28.7 Å². The van der Waals surface area contributed by atoms with Crippen LogP contribution >= 0.6 is 0 Å². The third kappa shape index (κ3) is 12.9. The van der Waals surface area contributed by atoms with E-state index in [1.165, 1.54) is 43.5 Å². The van der Waals surface area contributed by atoms with Gasteiger partial charge in [-0.15, -0.1) is 0 Å². The molecule has 0 bridgehead atoms. The van der Waals surface area contributed by atoms with Crippen LogP contribution in [0.3, 0.4) is 0 Å². The highest BCUT2D eigenvalue weighted by molar-refractivity contribution is 5.69. The third-order valence-corrected chi connectivity index (χ3v) is 5.06. The number of hydrogen-bond acceptors (Lipinski definition) is 7. The molecule has 0 saturated carbocycles. The van der Waals surface area contributed by atoms with E-state index in [1.54, 1.807) is 0 Å². The Bertz CT molecular complexity index is 675. The van der Waals surface area contributed by atoms with E-state index in [2.05, 4.69) is 6.92 Å². The number of nitrogens with zero attached hydrogens (tertiary/aromatic N) is 1. The van der Waals surface area contributed by atoms with Crippen LogP contribution in [0.2, 0.25) is 0 Å². The van der Waals surface area contributed by atoms with Crippen LogP contribution in [0.15, 0.2) is 24.3 Å². The number of carbonyl (C=O) groups is 2. The first-order valence-corrected chi connectivity index (χ1v) is 11.7. The number of non-ortho nitro benzene ring substituents is 1. The molecule has 0 aliphatic rings. The molecule has 0 fully saturated rings. The smallest absolute Gasteiger partial charge is 0.466 e. The molecular weight excluding hydrogens is 414 g/mol. The Kier molecular flexibility index (Phi) is 14.5. The predicted molar refractivity (Wildman–Crippen MR) is 122 cm³/mol. The lowest BCUT2D eigenvalue weighted by Gasteiger charge is -2.17. The fourth-order valence-corrected chi connectivity index (χ4v) is 3.18. The van der Waals surface area contributed by atoms with Crippen molar-refractivity contribution in [2.24, 2.45) is 0 Å². The van der Waals surface area contributed by atoms with Gasteiger partial charge in [0, 0.05) is 18.6 Å². The number of benzene rings is 1. The van der Waals surface area contributed by atoms with Gasteiger partial charge in [0.25, 0.3) is 5.69 Å². The van der Waals surface area contributed by atoms with Crippen LogP contribution in [0.5, 0.6) is 5.75 Å². The van der Waals surface area contributed by atoms with Crippen molar-refractivity contribution >= 4 is 17.8 Å². The molecule has 1 atom stereocenters. The van der Waals surface area contributed by atoms with Crippen molar-refractivity contribution in [1.82, 2.24) is 0 Å². The fraction of sp³-hybridized carbons (Fsp3) is 0.667. The van der Waals surface area contributed by atoms with Gasteiger partial charge in [-0.25, -0.2) is 4.79 Å². The Labute approximate surface area is 190 Å². The van der Waals surface area contributed by atoms with Crippen LogP contribution in [-0.2, 0) is 14.3 Å². The highest BCUT2D eigenvalue weighted by atomic mass is 16.7. The summed E-state index contributed by atoms with van der Waals surface area (Å²) in [6, 6.07) is 5.24. The molecule has 180 valence electrons. The molecule has 0 radical (unpaired) electrons. The first-order valence-electron chi connectivity index (χ1n) is 11.7. The van der Waals surface area contributed by atoms with Gasteiger partial charge in [-0.2, -0.15) is 0 Å². The summed E-state index contributed by atoms with van der Waals surface area (Å²) in [7, 11) is 0. The van der Waals surface area contributed by atoms with Crippen molar-refractivity contribution in [3.63, 3.8) is 0 Å². The minimum atomic E-state index is -0.847. The number of carbonyl (C=O) groups excluding carboxylic acids is 2. The third-order valence-electron chi connectivity index (χ3n) is 5.06. The summed E-state index contributed by atoms with van der Waals surface area (Å²) in [6.07, 6.45) is 9.49. The summed E-state index contributed by atoms with van der Waals surface area (Å²) in [5.74, 6) is -0.0522. The van der Waals surface area contributed by atoms with E-state index in [9.17, 15) is 19.7 Å². The van der Waals surface area contributed by atoms with E-state index in [-0.39, 0.29) is 29.9 Å². The topological polar surface area (TPSA) is 105 Å². The molecule has 0 aliphatic heterocycles. The van der Waals surface area contributed by atoms with Crippen LogP contribution in [0, 0.1) is 10.1 Å². The van der Waals surface area contributed by atoms with Crippen molar-refractivity contribution in [2.45, 2.75) is 97.0 Å². The van der Waals surface area contributed by atoms with Crippen molar-refractivity contribution in [3.05, 3.63) is 34.4 Å². The maximum Gasteiger partial charge on any atom is 0.514 e. The lowest BCUT2D eigenvalue weighted by Crippen LogP contribution is -2.21. The van der Waals surface area contributed by atoms with E-state index in [0.717, 1.165) is 32.1 Å². The molecule has 0 amide bonds. The molecule has 1 unspecified atom stereocenters. The molecule has 0 aliphatic carbocycles. The second kappa shape index (κ2) is 17.0. The Morgan fingerprint density at radius 2 is 1.53 bits per heavy atom. The summed E-state index contributed by atoms with van der Waals surface area (Å²) in [6.45, 7) is 4.65. The van der Waals surface area contributed by atoms with Crippen LogP contribution in [-0.4, -0.2) is 29.8 Å². The van der Waals surface area contributed by atoms with Crippen molar-refractivity contribution in [2.75, 3.05) is 6.61 Å². The predicted octanol–water partition coefficient (Wildman–Crippen LogP) is 6.74. The minimum Gasteiger partial charge on any atom is -0.466 e. The van der Waals surface area contributed by atoms with Gasteiger partial charge in [0.2, 0.25) is 0 Å². The molecule has 0 spiro atoms. The average molecular weight is 452 g/mol. The SMILES string of the molecule is CCCCCCCCC(CCCC(=O)OCCCC)OC(=O)Oc1ccc([N+](=O)[O-])cc1. The quantitative estimate of drug-likeness (QED) is 0.0848. The number of ether oxygens (including phenoxy) is 3. The van der Waals surface area contributed by atoms with Gasteiger partial charge in [-0.3, -0.25) is 14.9 Å². The van der Waals surface area contributed by atoms with Gasteiger partial charge in [0.15, 0.2) is 0 Å². The second-order valence-electron chi connectivity index (χ2n) is 7.87. The maximum atomic E-state index is 12.2. The summed E-state index contributed by atoms with van der Waals surface area (Å²) in [4.78, 5) is 34.2. The monoisotopic (exact) mass is 451 g/mol. The molecule has 0 saturated heterocycles. The Morgan fingerprint density at radius 1 is 0.906 bits per heavy atom. The number of nitro benzene ring substituents is 1. The molecule has 1 aromatic rings. The summed E-state index contributed by atoms with van der Waals surface area (Å²) in [5, 5.41) is 10.7. The van der Waals surface area contributed by atoms with Crippen LogP contribution in [0.4, 0.5) is 10.5 Å². The lowest BCUT2D eigenvalue weighted by molar-refractivity contribution is -0.384. The highest BCUT2D eigenvalue weighted by Gasteiger charge is 2.17. The molecule has 0 N–H and O–H groups in total. The van der Waals surface area contributed by atoms with Gasteiger partial charge in [0.1, 0.15) is 11.9 Å². The average Bonchev–Trinajstić information content (AvgIpc) is 2.76. The largest absolute Gasteiger partial charge is 0.514 e. The number of hydrogen-bond donors (Lipinski definition) is 0. The van der Waals surface area contributed by atoms with E-state index in [4.69, 9.17) is 14.2 Å². The minimum absolute atomic E-state index is 0.0857. The normalized spacial score (nSPS) is 11.6. The molecule has 1 aromatic carbocycles. The van der Waals surface area contributed by atoms with E-state index in [1.807, 2.05) is 6.92 Å². The standard InChI is InChI=1S/C24H37NO7/c1-3-5-7-8-9-10-12-21(13-11-14-23(26)30-19-6-4-2)31-24(27)32-22-17-15-20(16-18-22)25(28)29/h15-18,21H,3-14,19H2,1-2H3. The molecule has 8 nitrogen and oxygen atoms in total. The zero-order chi connectivity index (χ0) is 23.6. The molecular formula is C24H37NO7. The lowest BCUT2D eigenvalue weighted by atomic mass is 10.0. The van der Waals surface area contributed by atoms with Gasteiger partial charge in [0.05, 0.1) is 11.5 Å². The van der Waals surface area contributed by atoms with Crippen LogP contribution in [0.1, 0.15) is 90.9 Å². The van der Waals surface area contributed by atoms with Crippen LogP contribution < -0.4 is 4.74 Å². The van der Waals surface area contributed by atoms with Gasteiger partial charge in [-0.1, -0.05) is 52.4 Å². The summed E-state index contributed by atoms with van der Waals surface area (Å²) >= 11 is 0. The number of rotatable bonds is 17. The maximum absolute atomic E-state index is 12.2. The van der Waals surface area contributed by atoms with Crippen molar-refractivity contribution in [3.8, 4) is 5.75 Å². The number of esters is 1. The van der Waals surface area contributed by atoms with E-state index < -0.39 is 11.1 Å². The Morgan fingerprint density at radius 3 is 2.19 bits per heavy atom. The summed E-state index contributed by atoms with van der Waals surface area (Å²) in [5.41, 5.74) is -0.0857. The van der Waals surface area contributed by atoms with Gasteiger partial charge >= 0.3 is 12.1 Å². The number of nitro groups is 1. The zero-order valence-electron chi connectivity index (χ0n) is 19.4. The molecule has 8 heteroatoms. The molecule has 1 rings (SSSR count). The molecule has 32 heavy (non-hydrogen) atoms. The Balaban J connectivity index is 2.49. The second-order valence-corrected chi connectivity index (χ2v) is 7.87. The Hall–Kier alpha value is -2.64.